The average Bonchev–Trinajstić information content (AvgIpc) is 2.29. The van der Waals surface area contributed by atoms with Gasteiger partial charge in [0.2, 0.25) is 0 Å². The van der Waals surface area contributed by atoms with Crippen LogP contribution >= 0.6 is 0 Å². The Labute approximate surface area is 83.7 Å². The fourth-order valence-corrected chi connectivity index (χ4v) is 1.58. The Kier molecular flexibility index (Phi) is 3.29. The van der Waals surface area contributed by atoms with Crippen LogP contribution in [0.5, 0.6) is 0 Å². The van der Waals surface area contributed by atoms with E-state index in [4.69, 9.17) is 4.74 Å². The van der Waals surface area contributed by atoms with Gasteiger partial charge in [-0.25, -0.2) is 4.98 Å². The average molecular weight is 193 g/mol. The number of ether oxygens (including phenoxy) is 1. The van der Waals surface area contributed by atoms with Crippen molar-refractivity contribution in [3.8, 4) is 0 Å². The summed E-state index contributed by atoms with van der Waals surface area (Å²) in [6.45, 7) is 1.73. The third-order valence-electron chi connectivity index (χ3n) is 2.35. The van der Waals surface area contributed by atoms with Gasteiger partial charge in [0.15, 0.2) is 0 Å². The van der Waals surface area contributed by atoms with Gasteiger partial charge in [-0.2, -0.15) is 0 Å². The van der Waals surface area contributed by atoms with Crippen LogP contribution in [-0.4, -0.2) is 29.2 Å². The van der Waals surface area contributed by atoms with Crippen molar-refractivity contribution >= 4 is 5.82 Å². The largest absolute Gasteiger partial charge is 0.376 e. The molecule has 1 aromatic heterocycles. The van der Waals surface area contributed by atoms with Gasteiger partial charge in [0.1, 0.15) is 5.82 Å². The van der Waals surface area contributed by atoms with Crippen LogP contribution in [0, 0.1) is 0 Å². The Morgan fingerprint density at radius 1 is 1.43 bits per heavy atom. The second-order valence-electron chi connectivity index (χ2n) is 3.46. The highest BCUT2D eigenvalue weighted by Crippen LogP contribution is 2.12. The molecule has 0 amide bonds. The van der Waals surface area contributed by atoms with E-state index in [9.17, 15) is 0 Å². The van der Waals surface area contributed by atoms with Crippen LogP contribution in [0.1, 0.15) is 19.3 Å². The Morgan fingerprint density at radius 2 is 2.43 bits per heavy atom. The Bertz CT molecular complexity index is 259. The standard InChI is InChI=1S/C10H15N3O/c1-2-6-14-9(3-1)7-13-10-8-11-4-5-12-10/h4-5,8-9H,1-3,6-7H2,(H,12,13). The van der Waals surface area contributed by atoms with Gasteiger partial charge in [0, 0.05) is 25.5 Å². The zero-order valence-electron chi connectivity index (χ0n) is 8.15. The van der Waals surface area contributed by atoms with E-state index < -0.39 is 0 Å². The first-order valence-corrected chi connectivity index (χ1v) is 5.06. The molecule has 76 valence electrons. The molecule has 1 aromatic rings. The van der Waals surface area contributed by atoms with Crippen LogP contribution < -0.4 is 5.32 Å². The van der Waals surface area contributed by atoms with Gasteiger partial charge >= 0.3 is 0 Å². The quantitative estimate of drug-likeness (QED) is 0.789. The predicted octanol–water partition coefficient (Wildman–Crippen LogP) is 1.46. The van der Waals surface area contributed by atoms with E-state index in [1.54, 1.807) is 18.6 Å². The molecule has 1 saturated heterocycles. The van der Waals surface area contributed by atoms with Gasteiger partial charge in [-0.15, -0.1) is 0 Å². The van der Waals surface area contributed by atoms with E-state index in [-0.39, 0.29) is 0 Å². The molecule has 1 N–H and O–H groups in total. The summed E-state index contributed by atoms with van der Waals surface area (Å²) in [4.78, 5) is 8.12. The normalized spacial score (nSPS) is 21.9. The van der Waals surface area contributed by atoms with Crippen molar-refractivity contribution in [1.29, 1.82) is 0 Å². The third kappa shape index (κ3) is 2.67. The summed E-state index contributed by atoms with van der Waals surface area (Å²) in [5, 5.41) is 3.22. The molecule has 0 aliphatic carbocycles. The van der Waals surface area contributed by atoms with Crippen molar-refractivity contribution in [1.82, 2.24) is 9.97 Å². The minimum absolute atomic E-state index is 0.339. The molecule has 14 heavy (non-hydrogen) atoms. The second kappa shape index (κ2) is 4.91. The Morgan fingerprint density at radius 3 is 3.14 bits per heavy atom. The summed E-state index contributed by atoms with van der Waals surface area (Å²) in [6, 6.07) is 0. The highest BCUT2D eigenvalue weighted by molar-refractivity contribution is 5.29. The maximum Gasteiger partial charge on any atom is 0.144 e. The zero-order valence-corrected chi connectivity index (χ0v) is 8.15. The number of anilines is 1. The fraction of sp³-hybridized carbons (Fsp3) is 0.600. The molecule has 2 heterocycles. The molecular weight excluding hydrogens is 178 g/mol. The van der Waals surface area contributed by atoms with Crippen molar-refractivity contribution in [2.24, 2.45) is 0 Å². The van der Waals surface area contributed by atoms with Crippen LogP contribution in [0.4, 0.5) is 5.82 Å². The lowest BCUT2D eigenvalue weighted by atomic mass is 10.1. The van der Waals surface area contributed by atoms with Gasteiger partial charge in [-0.05, 0) is 19.3 Å². The minimum Gasteiger partial charge on any atom is -0.376 e. The first-order chi connectivity index (χ1) is 6.95. The number of nitrogens with zero attached hydrogens (tertiary/aromatic N) is 2. The molecule has 1 aliphatic heterocycles. The number of aromatic nitrogens is 2. The molecule has 0 saturated carbocycles. The van der Waals surface area contributed by atoms with Crippen molar-refractivity contribution in [2.45, 2.75) is 25.4 Å². The number of hydrogen-bond donors (Lipinski definition) is 1. The number of rotatable bonds is 3. The van der Waals surface area contributed by atoms with E-state index in [1.165, 1.54) is 12.8 Å². The molecule has 2 rings (SSSR count). The summed E-state index contributed by atoms with van der Waals surface area (Å²) in [6.07, 6.45) is 9.03. The van der Waals surface area contributed by atoms with Crippen molar-refractivity contribution < 1.29 is 4.74 Å². The van der Waals surface area contributed by atoms with Gasteiger partial charge in [0.05, 0.1) is 12.3 Å². The van der Waals surface area contributed by atoms with Crippen LogP contribution in [0.25, 0.3) is 0 Å². The van der Waals surface area contributed by atoms with Crippen LogP contribution in [0.15, 0.2) is 18.6 Å². The predicted molar refractivity (Wildman–Crippen MR) is 54.1 cm³/mol. The van der Waals surface area contributed by atoms with Crippen molar-refractivity contribution in [3.63, 3.8) is 0 Å². The Balaban J connectivity index is 1.76. The molecule has 1 atom stereocenters. The lowest BCUT2D eigenvalue weighted by molar-refractivity contribution is 0.0247. The van der Waals surface area contributed by atoms with Crippen LogP contribution in [0.2, 0.25) is 0 Å². The molecule has 4 nitrogen and oxygen atoms in total. The van der Waals surface area contributed by atoms with Gasteiger partial charge < -0.3 is 10.1 Å². The lowest BCUT2D eigenvalue weighted by Crippen LogP contribution is -2.27. The summed E-state index contributed by atoms with van der Waals surface area (Å²) in [7, 11) is 0. The first-order valence-electron chi connectivity index (χ1n) is 5.06. The molecule has 4 heteroatoms. The highest BCUT2D eigenvalue weighted by atomic mass is 16.5. The molecule has 0 bridgehead atoms. The lowest BCUT2D eigenvalue weighted by Gasteiger charge is -2.22. The molecule has 1 unspecified atom stereocenters. The van der Waals surface area contributed by atoms with Gasteiger partial charge in [0.25, 0.3) is 0 Å². The topological polar surface area (TPSA) is 47.0 Å². The second-order valence-corrected chi connectivity index (χ2v) is 3.46. The maximum atomic E-state index is 5.59. The summed E-state index contributed by atoms with van der Waals surface area (Å²) in [5.74, 6) is 0.821. The van der Waals surface area contributed by atoms with E-state index in [0.29, 0.717) is 6.10 Å². The van der Waals surface area contributed by atoms with E-state index in [2.05, 4.69) is 15.3 Å². The molecular formula is C10H15N3O. The monoisotopic (exact) mass is 193 g/mol. The molecule has 0 aromatic carbocycles. The fourth-order valence-electron chi connectivity index (χ4n) is 1.58. The van der Waals surface area contributed by atoms with E-state index in [1.807, 2.05) is 0 Å². The number of hydrogen-bond acceptors (Lipinski definition) is 4. The van der Waals surface area contributed by atoms with Gasteiger partial charge in [-0.1, -0.05) is 0 Å². The molecule has 0 spiro atoms. The summed E-state index contributed by atoms with van der Waals surface area (Å²) < 4.78 is 5.59. The van der Waals surface area contributed by atoms with Gasteiger partial charge in [-0.3, -0.25) is 4.98 Å². The molecule has 1 aliphatic rings. The minimum atomic E-state index is 0.339. The first kappa shape index (κ1) is 9.40. The van der Waals surface area contributed by atoms with Crippen LogP contribution in [0.3, 0.4) is 0 Å². The Hall–Kier alpha value is -1.16. The van der Waals surface area contributed by atoms with Crippen LogP contribution in [-0.2, 0) is 4.74 Å². The highest BCUT2D eigenvalue weighted by Gasteiger charge is 2.13. The number of nitrogens with one attached hydrogen (secondary N) is 1. The maximum absolute atomic E-state index is 5.59. The summed E-state index contributed by atoms with van der Waals surface area (Å²) >= 11 is 0. The van der Waals surface area contributed by atoms with Crippen molar-refractivity contribution in [3.05, 3.63) is 18.6 Å². The summed E-state index contributed by atoms with van der Waals surface area (Å²) in [5.41, 5.74) is 0. The zero-order chi connectivity index (χ0) is 9.64. The SMILES string of the molecule is c1cnc(NCC2CCCCO2)cn1. The van der Waals surface area contributed by atoms with Crippen molar-refractivity contribution in [2.75, 3.05) is 18.5 Å². The molecule has 1 fully saturated rings. The van der Waals surface area contributed by atoms with E-state index >= 15 is 0 Å². The molecule has 0 radical (unpaired) electrons. The van der Waals surface area contributed by atoms with E-state index in [0.717, 1.165) is 25.4 Å². The third-order valence-corrected chi connectivity index (χ3v) is 2.35. The smallest absolute Gasteiger partial charge is 0.144 e.